The van der Waals surface area contributed by atoms with Crippen molar-refractivity contribution in [3.63, 3.8) is 0 Å². The maximum atomic E-state index is 11.2. The molecule has 0 fully saturated rings. The molecule has 0 atom stereocenters. The fraction of sp³-hybridized carbons (Fsp3) is 0.364. The second-order valence-electron chi connectivity index (χ2n) is 3.30. The fourth-order valence-electron chi connectivity index (χ4n) is 1.28. The Kier molecular flexibility index (Phi) is 4.44. The van der Waals surface area contributed by atoms with Gasteiger partial charge in [0.25, 0.3) is 0 Å². The number of nitrogen functional groups attached to an aromatic ring is 1. The third-order valence-electron chi connectivity index (χ3n) is 1.99. The molecule has 0 aliphatic rings. The Hall–Kier alpha value is -1.91. The van der Waals surface area contributed by atoms with E-state index < -0.39 is 0 Å². The number of methoxy groups -OCH3 is 1. The number of anilines is 2. The Morgan fingerprint density at radius 3 is 2.81 bits per heavy atom. The highest BCUT2D eigenvalue weighted by atomic mass is 16.5. The van der Waals surface area contributed by atoms with Crippen molar-refractivity contribution in [2.75, 3.05) is 31.2 Å². The summed E-state index contributed by atoms with van der Waals surface area (Å²) in [6.07, 6.45) is 0. The number of hydrogen-bond acceptors (Lipinski definition) is 4. The third-order valence-corrected chi connectivity index (χ3v) is 1.99. The van der Waals surface area contributed by atoms with Gasteiger partial charge in [-0.3, -0.25) is 4.79 Å². The molecule has 1 rings (SSSR count). The number of nitrogens with two attached hydrogens (primary N) is 1. The number of likely N-dealkylation sites (N-methyl/N-ethyl adjacent to an activating group) is 1. The van der Waals surface area contributed by atoms with Gasteiger partial charge in [0.05, 0.1) is 13.7 Å². The predicted molar refractivity (Wildman–Crippen MR) is 64.6 cm³/mol. The zero-order valence-electron chi connectivity index (χ0n) is 9.54. The second-order valence-corrected chi connectivity index (χ2v) is 3.30. The molecule has 0 spiro atoms. The minimum Gasteiger partial charge on any atom is -0.497 e. The molecule has 5 heteroatoms. The lowest BCUT2D eigenvalue weighted by Gasteiger charge is -2.09. The molecule has 0 unspecified atom stereocenters. The minimum atomic E-state index is -0.0520. The molecule has 0 aliphatic carbocycles. The van der Waals surface area contributed by atoms with E-state index in [1.54, 1.807) is 25.3 Å². The Labute approximate surface area is 95.0 Å². The van der Waals surface area contributed by atoms with Gasteiger partial charge in [-0.2, -0.15) is 0 Å². The third kappa shape index (κ3) is 3.68. The maximum Gasteiger partial charge on any atom is 0.239 e. The fourth-order valence-corrected chi connectivity index (χ4v) is 1.28. The van der Waals surface area contributed by atoms with Crippen molar-refractivity contribution in [2.45, 2.75) is 6.92 Å². The summed E-state index contributed by atoms with van der Waals surface area (Å²) in [5.74, 6) is 0.613. The predicted octanol–water partition coefficient (Wildman–Crippen LogP) is 0.825. The van der Waals surface area contributed by atoms with Gasteiger partial charge >= 0.3 is 0 Å². The van der Waals surface area contributed by atoms with E-state index in [0.29, 0.717) is 18.0 Å². The zero-order valence-corrected chi connectivity index (χ0v) is 9.54. The van der Waals surface area contributed by atoms with E-state index in [4.69, 9.17) is 10.5 Å². The van der Waals surface area contributed by atoms with Crippen LogP contribution in [-0.4, -0.2) is 26.1 Å². The van der Waals surface area contributed by atoms with E-state index in [-0.39, 0.29) is 12.5 Å². The molecule has 0 saturated heterocycles. The lowest BCUT2D eigenvalue weighted by molar-refractivity contribution is -0.119. The summed E-state index contributed by atoms with van der Waals surface area (Å²) in [7, 11) is 1.57. The number of carbonyl (C=O) groups excluding carboxylic acids is 1. The van der Waals surface area contributed by atoms with Crippen LogP contribution < -0.4 is 21.1 Å². The van der Waals surface area contributed by atoms with E-state index in [0.717, 1.165) is 5.69 Å². The number of ether oxygens (including phenoxy) is 1. The molecular formula is C11H17N3O2. The van der Waals surface area contributed by atoms with E-state index in [1.807, 2.05) is 6.92 Å². The summed E-state index contributed by atoms with van der Waals surface area (Å²) >= 11 is 0. The van der Waals surface area contributed by atoms with Gasteiger partial charge in [-0.1, -0.05) is 0 Å². The Bertz CT molecular complexity index is 366. The first-order valence-corrected chi connectivity index (χ1v) is 5.10. The van der Waals surface area contributed by atoms with Gasteiger partial charge in [-0.25, -0.2) is 0 Å². The standard InChI is InChI=1S/C11H17N3O2/c1-3-13-11(15)7-14-9-4-8(12)5-10(6-9)16-2/h4-6,14H,3,7,12H2,1-2H3,(H,13,15). The van der Waals surface area contributed by atoms with Crippen LogP contribution in [0, 0.1) is 0 Å². The van der Waals surface area contributed by atoms with Gasteiger partial charge in [0.1, 0.15) is 5.75 Å². The number of hydrogen-bond donors (Lipinski definition) is 3. The molecule has 1 aromatic carbocycles. The number of benzene rings is 1. The molecular weight excluding hydrogens is 206 g/mol. The molecule has 1 amide bonds. The summed E-state index contributed by atoms with van der Waals surface area (Å²) < 4.78 is 5.07. The average Bonchev–Trinajstić information content (AvgIpc) is 2.26. The van der Waals surface area contributed by atoms with Crippen LogP contribution >= 0.6 is 0 Å². The van der Waals surface area contributed by atoms with Crippen molar-refractivity contribution in [3.05, 3.63) is 18.2 Å². The highest BCUT2D eigenvalue weighted by molar-refractivity contribution is 5.80. The molecule has 0 aromatic heterocycles. The molecule has 0 radical (unpaired) electrons. The first-order valence-electron chi connectivity index (χ1n) is 5.10. The second kappa shape index (κ2) is 5.85. The van der Waals surface area contributed by atoms with E-state index in [9.17, 15) is 4.79 Å². The van der Waals surface area contributed by atoms with Crippen LogP contribution in [-0.2, 0) is 4.79 Å². The van der Waals surface area contributed by atoms with E-state index in [2.05, 4.69) is 10.6 Å². The lowest BCUT2D eigenvalue weighted by atomic mass is 10.2. The maximum absolute atomic E-state index is 11.2. The van der Waals surface area contributed by atoms with Gasteiger partial charge in [-0.15, -0.1) is 0 Å². The smallest absolute Gasteiger partial charge is 0.239 e. The van der Waals surface area contributed by atoms with E-state index >= 15 is 0 Å². The minimum absolute atomic E-state index is 0.0520. The number of rotatable bonds is 5. The Morgan fingerprint density at radius 2 is 2.19 bits per heavy atom. The number of carbonyl (C=O) groups is 1. The summed E-state index contributed by atoms with van der Waals surface area (Å²) in [5, 5.41) is 5.67. The number of amides is 1. The quantitative estimate of drug-likeness (QED) is 0.646. The molecule has 1 aromatic rings. The molecule has 4 N–H and O–H groups in total. The first-order chi connectivity index (χ1) is 7.65. The molecule has 0 aliphatic heterocycles. The monoisotopic (exact) mass is 223 g/mol. The average molecular weight is 223 g/mol. The SMILES string of the molecule is CCNC(=O)CNc1cc(N)cc(OC)c1. The van der Waals surface area contributed by atoms with Gasteiger partial charge < -0.3 is 21.1 Å². The van der Waals surface area contributed by atoms with Crippen molar-refractivity contribution < 1.29 is 9.53 Å². The Morgan fingerprint density at radius 1 is 1.44 bits per heavy atom. The largest absolute Gasteiger partial charge is 0.497 e. The molecule has 5 nitrogen and oxygen atoms in total. The van der Waals surface area contributed by atoms with Gasteiger partial charge in [-0.05, 0) is 13.0 Å². The number of nitrogens with one attached hydrogen (secondary N) is 2. The van der Waals surface area contributed by atoms with E-state index in [1.165, 1.54) is 0 Å². The molecule has 88 valence electrons. The molecule has 16 heavy (non-hydrogen) atoms. The van der Waals surface area contributed by atoms with Crippen LogP contribution in [0.15, 0.2) is 18.2 Å². The van der Waals surface area contributed by atoms with Crippen molar-refractivity contribution in [1.82, 2.24) is 5.32 Å². The summed E-state index contributed by atoms with van der Waals surface area (Å²) in [4.78, 5) is 11.2. The summed E-state index contributed by atoms with van der Waals surface area (Å²) in [6, 6.07) is 5.26. The summed E-state index contributed by atoms with van der Waals surface area (Å²) in [5.41, 5.74) is 7.04. The zero-order chi connectivity index (χ0) is 12.0. The van der Waals surface area contributed by atoms with Gasteiger partial charge in [0.15, 0.2) is 0 Å². The van der Waals surface area contributed by atoms with Crippen LogP contribution in [0.25, 0.3) is 0 Å². The van der Waals surface area contributed by atoms with Crippen LogP contribution in [0.4, 0.5) is 11.4 Å². The topological polar surface area (TPSA) is 76.4 Å². The van der Waals surface area contributed by atoms with Crippen LogP contribution in [0.5, 0.6) is 5.75 Å². The van der Waals surface area contributed by atoms with Crippen LogP contribution in [0.3, 0.4) is 0 Å². The van der Waals surface area contributed by atoms with Crippen molar-refractivity contribution >= 4 is 17.3 Å². The van der Waals surface area contributed by atoms with Crippen molar-refractivity contribution in [1.29, 1.82) is 0 Å². The molecule has 0 bridgehead atoms. The van der Waals surface area contributed by atoms with Gasteiger partial charge in [0.2, 0.25) is 5.91 Å². The molecule has 0 heterocycles. The normalized spacial score (nSPS) is 9.62. The Balaban J connectivity index is 2.59. The van der Waals surface area contributed by atoms with Gasteiger partial charge in [0, 0.05) is 30.1 Å². The summed E-state index contributed by atoms with van der Waals surface area (Å²) in [6.45, 7) is 2.72. The highest BCUT2D eigenvalue weighted by Crippen LogP contribution is 2.21. The molecule has 0 saturated carbocycles. The van der Waals surface area contributed by atoms with Crippen LogP contribution in [0.2, 0.25) is 0 Å². The first kappa shape index (κ1) is 12.2. The van der Waals surface area contributed by atoms with Crippen molar-refractivity contribution in [2.24, 2.45) is 0 Å². The van der Waals surface area contributed by atoms with Crippen molar-refractivity contribution in [3.8, 4) is 5.75 Å². The van der Waals surface area contributed by atoms with Crippen LogP contribution in [0.1, 0.15) is 6.92 Å². The highest BCUT2D eigenvalue weighted by Gasteiger charge is 2.01. The lowest BCUT2D eigenvalue weighted by Crippen LogP contribution is -2.29.